The monoisotopic (exact) mass is 445 g/mol. The van der Waals surface area contributed by atoms with Gasteiger partial charge in [-0.05, 0) is 24.1 Å². The largest absolute Gasteiger partial charge is 0.385 e. The molecule has 0 amide bonds. The van der Waals surface area contributed by atoms with Crippen molar-refractivity contribution < 1.29 is 4.74 Å². The van der Waals surface area contributed by atoms with Crippen molar-refractivity contribution in [2.24, 2.45) is 4.99 Å². The Kier molecular flexibility index (Phi) is 11.2. The minimum absolute atomic E-state index is 0. The summed E-state index contributed by atoms with van der Waals surface area (Å²) in [5.74, 6) is 0.840. The molecular weight excluding hydrogens is 424 g/mol. The molecule has 1 aromatic rings. The minimum atomic E-state index is 0. The summed E-state index contributed by atoms with van der Waals surface area (Å²) in [5.41, 5.74) is 1.08. The van der Waals surface area contributed by atoms with Gasteiger partial charge in [-0.3, -0.25) is 4.99 Å². The third kappa shape index (κ3) is 7.54. The number of nitrogens with one attached hydrogen (secondary N) is 1. The van der Waals surface area contributed by atoms with Gasteiger partial charge in [0.05, 0.1) is 10.0 Å². The first kappa shape index (κ1) is 20.8. The number of nitrogens with zero attached hydrogens (tertiary/aromatic N) is 2. The zero-order valence-corrected chi connectivity index (χ0v) is 16.4. The van der Waals surface area contributed by atoms with Crippen molar-refractivity contribution >= 4 is 53.1 Å². The van der Waals surface area contributed by atoms with Crippen LogP contribution in [-0.2, 0) is 11.3 Å². The standard InChI is InChI=1S/C14H21Cl2N3O.HI/c1-17-14(18-7-4-8-20-3)19(2)10-11-5-6-12(15)13(16)9-11;/h5-6,9H,4,7-8,10H2,1-3H3,(H,17,18);1H. The third-order valence-corrected chi connectivity index (χ3v) is 3.52. The van der Waals surface area contributed by atoms with Gasteiger partial charge in [0.2, 0.25) is 0 Å². The van der Waals surface area contributed by atoms with Crippen molar-refractivity contribution in [3.8, 4) is 0 Å². The smallest absolute Gasteiger partial charge is 0.193 e. The van der Waals surface area contributed by atoms with Crippen LogP contribution in [0.15, 0.2) is 23.2 Å². The molecule has 1 N–H and O–H groups in total. The number of benzene rings is 1. The van der Waals surface area contributed by atoms with Gasteiger partial charge in [-0.15, -0.1) is 24.0 Å². The molecule has 4 nitrogen and oxygen atoms in total. The molecule has 21 heavy (non-hydrogen) atoms. The molecule has 0 aliphatic rings. The van der Waals surface area contributed by atoms with E-state index in [1.165, 1.54) is 0 Å². The maximum absolute atomic E-state index is 6.02. The Morgan fingerprint density at radius 3 is 2.62 bits per heavy atom. The van der Waals surface area contributed by atoms with Gasteiger partial charge in [0.1, 0.15) is 0 Å². The lowest BCUT2D eigenvalue weighted by atomic mass is 10.2. The summed E-state index contributed by atoms with van der Waals surface area (Å²) in [7, 11) is 5.45. The minimum Gasteiger partial charge on any atom is -0.385 e. The molecular formula is C14H22Cl2IN3O. The van der Waals surface area contributed by atoms with Crippen molar-refractivity contribution in [1.82, 2.24) is 10.2 Å². The molecule has 0 saturated carbocycles. The molecule has 0 aliphatic heterocycles. The lowest BCUT2D eigenvalue weighted by molar-refractivity contribution is 0.195. The molecule has 0 atom stereocenters. The Morgan fingerprint density at radius 1 is 1.33 bits per heavy atom. The van der Waals surface area contributed by atoms with E-state index in [2.05, 4.69) is 10.3 Å². The normalized spacial score (nSPS) is 11.0. The van der Waals surface area contributed by atoms with Crippen molar-refractivity contribution in [2.75, 3.05) is 34.4 Å². The maximum Gasteiger partial charge on any atom is 0.193 e. The third-order valence-electron chi connectivity index (χ3n) is 2.79. The molecule has 1 rings (SSSR count). The van der Waals surface area contributed by atoms with Crippen molar-refractivity contribution in [3.63, 3.8) is 0 Å². The Hall–Kier alpha value is -0.240. The molecule has 0 bridgehead atoms. The first-order chi connectivity index (χ1) is 9.58. The fraction of sp³-hybridized carbons (Fsp3) is 0.500. The first-order valence-corrected chi connectivity index (χ1v) is 7.18. The molecule has 0 fully saturated rings. The van der Waals surface area contributed by atoms with E-state index in [0.717, 1.165) is 31.1 Å². The first-order valence-electron chi connectivity index (χ1n) is 6.43. The fourth-order valence-electron chi connectivity index (χ4n) is 1.79. The van der Waals surface area contributed by atoms with E-state index >= 15 is 0 Å². The quantitative estimate of drug-likeness (QED) is 0.314. The summed E-state index contributed by atoms with van der Waals surface area (Å²) in [4.78, 5) is 6.29. The number of hydrogen-bond donors (Lipinski definition) is 1. The SMILES string of the molecule is CN=C(NCCCOC)N(C)Cc1ccc(Cl)c(Cl)c1.I. The Morgan fingerprint density at radius 2 is 2.05 bits per heavy atom. The van der Waals surface area contributed by atoms with Crippen LogP contribution >= 0.6 is 47.2 Å². The highest BCUT2D eigenvalue weighted by Gasteiger charge is 2.07. The van der Waals surface area contributed by atoms with E-state index in [-0.39, 0.29) is 24.0 Å². The number of aliphatic imine (C=N–C) groups is 1. The summed E-state index contributed by atoms with van der Waals surface area (Å²) in [6, 6.07) is 5.64. The van der Waals surface area contributed by atoms with Crippen LogP contribution in [0.3, 0.4) is 0 Å². The number of ether oxygens (including phenoxy) is 1. The highest BCUT2D eigenvalue weighted by Crippen LogP contribution is 2.23. The van der Waals surface area contributed by atoms with Gasteiger partial charge in [0, 0.05) is 40.9 Å². The second-order valence-electron chi connectivity index (χ2n) is 4.42. The molecule has 7 heteroatoms. The van der Waals surface area contributed by atoms with E-state index < -0.39 is 0 Å². The molecule has 0 aromatic heterocycles. The number of guanidine groups is 1. The van der Waals surface area contributed by atoms with Crippen LogP contribution in [0, 0.1) is 0 Å². The molecule has 120 valence electrons. The summed E-state index contributed by atoms with van der Waals surface area (Å²) >= 11 is 11.9. The molecule has 1 aromatic carbocycles. The van der Waals surface area contributed by atoms with Crippen LogP contribution in [0.2, 0.25) is 10.0 Å². The Labute approximate surface area is 153 Å². The lowest BCUT2D eigenvalue weighted by Crippen LogP contribution is -2.39. The highest BCUT2D eigenvalue weighted by molar-refractivity contribution is 14.0. The summed E-state index contributed by atoms with van der Waals surface area (Å²) in [5, 5.41) is 4.43. The molecule has 0 unspecified atom stereocenters. The summed E-state index contributed by atoms with van der Waals surface area (Å²) in [6.45, 7) is 2.27. The van der Waals surface area contributed by atoms with Crippen molar-refractivity contribution in [3.05, 3.63) is 33.8 Å². The molecule has 0 spiro atoms. The van der Waals surface area contributed by atoms with Gasteiger partial charge in [0.15, 0.2) is 5.96 Å². The maximum atomic E-state index is 6.02. The molecule has 0 heterocycles. The van der Waals surface area contributed by atoms with Crippen LogP contribution in [0.25, 0.3) is 0 Å². The van der Waals surface area contributed by atoms with Crippen LogP contribution in [0.4, 0.5) is 0 Å². The predicted molar refractivity (Wildman–Crippen MR) is 101 cm³/mol. The number of hydrogen-bond acceptors (Lipinski definition) is 2. The topological polar surface area (TPSA) is 36.9 Å². The Bertz CT molecular complexity index is 458. The van der Waals surface area contributed by atoms with Crippen LogP contribution < -0.4 is 5.32 Å². The molecule has 0 aliphatic carbocycles. The molecule has 0 radical (unpaired) electrons. The predicted octanol–water partition coefficient (Wildman–Crippen LogP) is 3.66. The van der Waals surface area contributed by atoms with Gasteiger partial charge < -0.3 is 15.0 Å². The second-order valence-corrected chi connectivity index (χ2v) is 5.24. The molecule has 0 saturated heterocycles. The van der Waals surface area contributed by atoms with Crippen molar-refractivity contribution in [2.45, 2.75) is 13.0 Å². The van der Waals surface area contributed by atoms with E-state index in [9.17, 15) is 0 Å². The van der Waals surface area contributed by atoms with E-state index in [0.29, 0.717) is 16.6 Å². The van der Waals surface area contributed by atoms with E-state index in [1.54, 1.807) is 14.2 Å². The van der Waals surface area contributed by atoms with Gasteiger partial charge in [0.25, 0.3) is 0 Å². The number of rotatable bonds is 6. The zero-order valence-electron chi connectivity index (χ0n) is 12.5. The van der Waals surface area contributed by atoms with Gasteiger partial charge in [-0.2, -0.15) is 0 Å². The lowest BCUT2D eigenvalue weighted by Gasteiger charge is -2.22. The van der Waals surface area contributed by atoms with Crippen LogP contribution in [0.5, 0.6) is 0 Å². The van der Waals surface area contributed by atoms with Crippen LogP contribution in [-0.4, -0.2) is 45.2 Å². The van der Waals surface area contributed by atoms with Gasteiger partial charge >= 0.3 is 0 Å². The van der Waals surface area contributed by atoms with Crippen molar-refractivity contribution in [1.29, 1.82) is 0 Å². The fourth-order valence-corrected chi connectivity index (χ4v) is 2.11. The van der Waals surface area contributed by atoms with Gasteiger partial charge in [-0.25, -0.2) is 0 Å². The number of methoxy groups -OCH3 is 1. The van der Waals surface area contributed by atoms with E-state index in [4.69, 9.17) is 27.9 Å². The average molecular weight is 446 g/mol. The van der Waals surface area contributed by atoms with Crippen LogP contribution in [0.1, 0.15) is 12.0 Å². The van der Waals surface area contributed by atoms with E-state index in [1.807, 2.05) is 30.1 Å². The van der Waals surface area contributed by atoms with Gasteiger partial charge in [-0.1, -0.05) is 29.3 Å². The summed E-state index contributed by atoms with van der Waals surface area (Å²) in [6.07, 6.45) is 0.941. The summed E-state index contributed by atoms with van der Waals surface area (Å²) < 4.78 is 5.02. The average Bonchev–Trinajstić information content (AvgIpc) is 2.43. The zero-order chi connectivity index (χ0) is 15.0. The number of halogens is 3. The second kappa shape index (κ2) is 11.3. The highest BCUT2D eigenvalue weighted by atomic mass is 127. The Balaban J connectivity index is 0.00000400.